The zero-order valence-electron chi connectivity index (χ0n) is 82.3. The minimum Gasteiger partial charge on any atom is -0.508 e. The second kappa shape index (κ2) is 56.6. The number of aliphatic hydroxyl groups is 1. The summed E-state index contributed by atoms with van der Waals surface area (Å²) in [4.78, 5) is 288. The predicted octanol–water partition coefficient (Wildman–Crippen LogP) is 2.79. The van der Waals surface area contributed by atoms with Crippen molar-refractivity contribution in [1.82, 2.24) is 79.4 Å². The molecule has 2 aliphatic rings. The Balaban J connectivity index is 0.901. The number of carbonyl (C=O) groups excluding carboxylic acids is 14. The number of halogens is 2. The van der Waals surface area contributed by atoms with E-state index in [1.165, 1.54) is 93.7 Å². The largest absolute Gasteiger partial charge is 0.508 e. The number of aliphatic carboxylic acids is 5. The fraction of sp³-hybridized carbons (Fsp3) is 0.400. The SMILES string of the molecule is CC(C)C[C@H](NC(=O)[C@H](C)NC(=O)[C@H](Cc1ccc(Cl)c(Cl)c1)NC(=O)[C@H](Cc1c[nH]c2ccccc12)NC(=O)[C@H](CCC(=O)O)NC(=O)[C@H](CCC(=O)O)NC(=O)[C@H](CC(C)C)NC(=O)[C@H](CC(=O)O)NC(=O)[C@H](CC(=O)O)NC(=O)[C@H](C)NC(=O)[C@@H](NC(=O)[C@H](Cc1ccccc1)NC(=O)[C@H](CC(=O)O)NC(=O)CCCCCNC(=S)Nc1ccc(-c2c3ccc(=O)cc-3oc3cc(O)ccc23)c(C(=O)O)c1)[C@@H](C)O)C(N)=O. The molecule has 0 saturated heterocycles. The van der Waals surface area contributed by atoms with Gasteiger partial charge in [0.2, 0.25) is 82.7 Å². The fourth-order valence-corrected chi connectivity index (χ4v) is 16.4. The molecular weight excluding hydrogens is 2020 g/mol. The van der Waals surface area contributed by atoms with Gasteiger partial charge in [-0.05, 0) is 160 Å². The number of hydrogen-bond donors (Lipinski definition) is 25. The van der Waals surface area contributed by atoms with E-state index in [1.807, 2.05) is 5.32 Å². The molecule has 5 aromatic carbocycles. The Hall–Kier alpha value is -16.2. The topological polar surface area (TPSA) is 756 Å². The number of hydrogen-bond acceptors (Lipinski definition) is 25. The zero-order valence-corrected chi connectivity index (χ0v) is 84.6. The number of carbonyl (C=O) groups is 20. The number of carboxylic acid groups (broad SMARTS) is 6. The van der Waals surface area contributed by atoms with Crippen LogP contribution >= 0.6 is 35.4 Å². The third-order valence-corrected chi connectivity index (χ3v) is 24.4. The predicted molar refractivity (Wildman–Crippen MR) is 545 cm³/mol. The summed E-state index contributed by atoms with van der Waals surface area (Å²) in [5.41, 5.74) is 8.27. The van der Waals surface area contributed by atoms with Crippen molar-refractivity contribution in [2.24, 2.45) is 17.6 Å². The van der Waals surface area contributed by atoms with Gasteiger partial charge in [-0.2, -0.15) is 0 Å². The molecule has 1 aliphatic carbocycles. The van der Waals surface area contributed by atoms with E-state index in [0.717, 1.165) is 13.8 Å². The smallest absolute Gasteiger partial charge is 0.336 e. The Kier molecular flexibility index (Phi) is 44.9. The van der Waals surface area contributed by atoms with Crippen molar-refractivity contribution < 1.29 is 141 Å². The van der Waals surface area contributed by atoms with Crippen LogP contribution in [0.3, 0.4) is 0 Å². The average molecular weight is 2140 g/mol. The number of fused-ring (bicyclic) bond motifs is 3. The van der Waals surface area contributed by atoms with Crippen LogP contribution in [0.4, 0.5) is 5.69 Å². The first-order chi connectivity index (χ1) is 70.8. The molecule has 8 rings (SSSR count). The number of aromatic hydroxyl groups is 1. The number of rotatable bonds is 58. The number of benzene rings is 6. The van der Waals surface area contributed by atoms with E-state index in [2.05, 4.69) is 79.4 Å². The number of aromatic carboxylic acids is 1. The lowest BCUT2D eigenvalue weighted by molar-refractivity contribution is -0.143. The number of H-pyrrole nitrogens is 1. The maximum absolute atomic E-state index is 15.0. The van der Waals surface area contributed by atoms with Gasteiger partial charge in [-0.25, -0.2) is 4.79 Å². The van der Waals surface area contributed by atoms with Gasteiger partial charge < -0.3 is 136 Å². The first-order valence-corrected chi connectivity index (χ1v) is 48.6. The minimum atomic E-state index is -2.28. The highest BCUT2D eigenvalue weighted by Crippen LogP contribution is 2.43. The van der Waals surface area contributed by atoms with E-state index >= 15 is 4.79 Å². The quantitative estimate of drug-likeness (QED) is 0.0148. The maximum Gasteiger partial charge on any atom is 0.336 e. The van der Waals surface area contributed by atoms with Gasteiger partial charge in [-0.3, -0.25) is 95.9 Å². The fourth-order valence-electron chi connectivity index (χ4n) is 15.9. The summed E-state index contributed by atoms with van der Waals surface area (Å²) < 4.78 is 5.91. The van der Waals surface area contributed by atoms with Crippen LogP contribution in [0.15, 0.2) is 143 Å². The Morgan fingerprint density at radius 1 is 0.420 bits per heavy atom. The molecule has 1 aliphatic heterocycles. The number of aromatic amines is 1. The molecule has 14 atom stereocenters. The average Bonchev–Trinajstić information content (AvgIpc) is 0.881. The molecule has 0 fully saturated rings. The molecule has 0 radical (unpaired) electrons. The Labute approximate surface area is 872 Å². The van der Waals surface area contributed by atoms with Gasteiger partial charge in [-0.15, -0.1) is 0 Å². The summed E-state index contributed by atoms with van der Waals surface area (Å²) in [5.74, 6) is -26.9. The summed E-state index contributed by atoms with van der Waals surface area (Å²) in [6.45, 7) is 10.1. The Morgan fingerprint density at radius 3 is 1.44 bits per heavy atom. The molecule has 0 bridgehead atoms. The van der Waals surface area contributed by atoms with E-state index in [0.29, 0.717) is 56.9 Å². The molecule has 14 amide bonds. The van der Waals surface area contributed by atoms with Crippen LogP contribution in [-0.4, -0.2) is 261 Å². The van der Waals surface area contributed by atoms with Crippen molar-refractivity contribution in [3.63, 3.8) is 0 Å². The number of unbranched alkanes of at least 4 members (excludes halogenated alkanes) is 2. The molecule has 0 unspecified atom stereocenters. The highest BCUT2D eigenvalue weighted by molar-refractivity contribution is 7.80. The van der Waals surface area contributed by atoms with Gasteiger partial charge in [0.15, 0.2) is 10.5 Å². The summed E-state index contributed by atoms with van der Waals surface area (Å²) in [6.07, 6.45) is -8.07. The van der Waals surface area contributed by atoms with Crippen molar-refractivity contribution >= 4 is 187 Å². The van der Waals surface area contributed by atoms with E-state index < -0.39 is 267 Å². The van der Waals surface area contributed by atoms with Crippen LogP contribution in [0.2, 0.25) is 10.0 Å². The number of thiocarbonyl (C=S) groups is 1. The normalized spacial score (nSPS) is 14.0. The highest BCUT2D eigenvalue weighted by Gasteiger charge is 2.41. The van der Waals surface area contributed by atoms with Gasteiger partial charge in [0.25, 0.3) is 0 Å². The lowest BCUT2D eigenvalue weighted by Crippen LogP contribution is -2.62. The number of para-hydroxylation sites is 1. The molecule has 26 N–H and O–H groups in total. The minimum absolute atomic E-state index is 0.0360. The van der Waals surface area contributed by atoms with Gasteiger partial charge in [-0.1, -0.05) is 118 Å². The number of nitrogens with two attached hydrogens (primary N) is 1. The third-order valence-electron chi connectivity index (χ3n) is 23.4. The summed E-state index contributed by atoms with van der Waals surface area (Å²) in [6, 6.07) is 7.90. The van der Waals surface area contributed by atoms with Crippen LogP contribution in [-0.2, 0) is 110 Å². The number of amides is 14. The van der Waals surface area contributed by atoms with Gasteiger partial charge in [0, 0.05) is 96.5 Å². The van der Waals surface area contributed by atoms with Crippen molar-refractivity contribution in [3.8, 4) is 28.2 Å². The van der Waals surface area contributed by atoms with E-state index in [4.69, 9.17) is 45.6 Å². The number of phenolic OH excluding ortho intramolecular Hbond substituents is 1. The van der Waals surface area contributed by atoms with E-state index in [-0.39, 0.29) is 99.1 Å². The maximum atomic E-state index is 15.0. The zero-order chi connectivity index (χ0) is 111. The van der Waals surface area contributed by atoms with Gasteiger partial charge in [0.1, 0.15) is 95.6 Å². The molecule has 47 nitrogen and oxygen atoms in total. The molecule has 6 aromatic rings. The summed E-state index contributed by atoms with van der Waals surface area (Å²) in [5, 5.41) is 119. The van der Waals surface area contributed by atoms with Gasteiger partial charge >= 0.3 is 35.8 Å². The Bertz CT molecular complexity index is 6380. The monoisotopic (exact) mass is 2140 g/mol. The number of primary amides is 1. The number of anilines is 1. The van der Waals surface area contributed by atoms with Crippen LogP contribution in [0.25, 0.3) is 44.3 Å². The van der Waals surface area contributed by atoms with E-state index in [9.17, 15) is 137 Å². The van der Waals surface area contributed by atoms with Crippen molar-refractivity contribution in [3.05, 3.63) is 176 Å². The highest BCUT2D eigenvalue weighted by atomic mass is 35.5. The number of aliphatic hydroxyl groups excluding tert-OH is 1. The number of nitrogens with one attached hydrogen (secondary N) is 16. The standard InChI is InChI=1S/C100H119Cl2N17O30S/c1-47(2)34-68(86(103)134)112-87(135)49(5)106-91(139)71(38-53-21-28-63(101)64(102)36-53)116-93(141)72(39-54-46-105-65-19-14-13-18-58(54)65)117-90(138)67(30-32-80(126)127)110-89(137)66(29-31-79(124)125)111-92(140)69(35-48(3)4)114-96(144)75(45-83(132)133)118-95(143)74(44-82(130)131)113-88(136)50(6)107-98(146)85(51(7)120)119-97(145)70(37-52-16-10-8-11-17-52)115-94(142)73(43-81(128)129)109-78(123)20-12-9-15-33-104-100(150)108-55-22-25-59(62(40-55)99(147)148)84-60-26-23-56(121)41-76(60)149-77-42-57(122)24-27-61(77)84/h8,10-11,13-14,16-19,21-28,36,40-42,46-51,66-75,85,105,120-121H,9,12,15,20,29-35,37-39,43-45H2,1-7H3,(H2,103,134)(H,106,139)(H,107,146)(H,109,123)(H,110,137)(H,111,140)(H,112,135)(H,113,136)(H,114,144)(H,115,142)(H,116,141)(H,117,138)(H,118,143)(H,119,145)(H,124,125)(H,126,127)(H,128,129)(H,130,131)(H,132,133)(H,147,148)(H2,104,108,150)/t49-,50-,51+,66-,67-,68-,69-,70-,71-,72-,73-,74-,75-,85-/m0/s1. The van der Waals surface area contributed by atoms with Crippen molar-refractivity contribution in [2.45, 2.75) is 236 Å². The first-order valence-electron chi connectivity index (χ1n) is 47.5. The second-order valence-corrected chi connectivity index (χ2v) is 37.7. The summed E-state index contributed by atoms with van der Waals surface area (Å²) >= 11 is 18.1. The van der Waals surface area contributed by atoms with Crippen LogP contribution in [0, 0.1) is 11.8 Å². The Morgan fingerprint density at radius 2 is 0.893 bits per heavy atom. The molecule has 0 saturated carbocycles. The van der Waals surface area contributed by atoms with Gasteiger partial charge in [0.05, 0.1) is 41.0 Å². The van der Waals surface area contributed by atoms with Crippen LogP contribution in [0.1, 0.15) is 159 Å². The molecular formula is C100H119Cl2N17O30S. The molecule has 804 valence electrons. The molecule has 2 heterocycles. The molecule has 1 aromatic heterocycles. The number of phenols is 1. The number of aromatic nitrogens is 1. The third kappa shape index (κ3) is 37.0. The van der Waals surface area contributed by atoms with E-state index in [1.54, 1.807) is 74.5 Å². The molecule has 0 spiro atoms. The van der Waals surface area contributed by atoms with Crippen molar-refractivity contribution in [2.75, 3.05) is 11.9 Å². The first kappa shape index (κ1) is 119. The van der Waals surface area contributed by atoms with Crippen molar-refractivity contribution in [1.29, 1.82) is 0 Å². The lowest BCUT2D eigenvalue weighted by Gasteiger charge is -2.28. The van der Waals surface area contributed by atoms with Crippen LogP contribution < -0.4 is 90.9 Å². The van der Waals surface area contributed by atoms with Crippen LogP contribution in [0.5, 0.6) is 5.75 Å². The summed E-state index contributed by atoms with van der Waals surface area (Å²) in [7, 11) is 0. The molecule has 150 heavy (non-hydrogen) atoms. The number of carboxylic acids is 6. The lowest BCUT2D eigenvalue weighted by atomic mass is 9.90. The molecule has 50 heteroatoms. The second-order valence-electron chi connectivity index (χ2n) is 36.5.